The number of hydrogen-bond donors (Lipinski definition) is 1. The van der Waals surface area contributed by atoms with E-state index in [1.165, 1.54) is 6.07 Å². The number of aromatic carboxylic acids is 1. The van der Waals surface area contributed by atoms with E-state index in [2.05, 4.69) is 0 Å². The highest BCUT2D eigenvalue weighted by Gasteiger charge is 2.10. The van der Waals surface area contributed by atoms with Gasteiger partial charge in [0, 0.05) is 12.3 Å². The van der Waals surface area contributed by atoms with Crippen molar-refractivity contribution in [1.82, 2.24) is 4.57 Å². The fourth-order valence-corrected chi connectivity index (χ4v) is 1.68. The van der Waals surface area contributed by atoms with E-state index >= 15 is 0 Å². The topological polar surface area (TPSA) is 59.3 Å². The molecule has 0 amide bonds. The van der Waals surface area contributed by atoms with E-state index in [0.29, 0.717) is 5.56 Å². The molecule has 0 aliphatic carbocycles. The summed E-state index contributed by atoms with van der Waals surface area (Å²) >= 11 is 0. The van der Waals surface area contributed by atoms with Gasteiger partial charge in [-0.25, -0.2) is 9.18 Å². The van der Waals surface area contributed by atoms with Gasteiger partial charge in [0.05, 0.1) is 12.1 Å². The first kappa shape index (κ1) is 12.0. The van der Waals surface area contributed by atoms with Gasteiger partial charge < -0.3 is 9.67 Å². The normalized spacial score (nSPS) is 10.3. The monoisotopic (exact) mass is 247 g/mol. The molecule has 0 aliphatic rings. The van der Waals surface area contributed by atoms with E-state index in [1.54, 1.807) is 18.2 Å². The highest BCUT2D eigenvalue weighted by atomic mass is 19.1. The first-order valence-corrected chi connectivity index (χ1v) is 5.25. The number of halogens is 1. The van der Waals surface area contributed by atoms with Crippen LogP contribution in [0.15, 0.2) is 47.4 Å². The molecule has 5 heteroatoms. The summed E-state index contributed by atoms with van der Waals surface area (Å²) in [7, 11) is 0. The van der Waals surface area contributed by atoms with Gasteiger partial charge in [-0.2, -0.15) is 0 Å². The molecule has 0 radical (unpaired) electrons. The van der Waals surface area contributed by atoms with E-state index in [-0.39, 0.29) is 17.7 Å². The minimum Gasteiger partial charge on any atom is -0.478 e. The van der Waals surface area contributed by atoms with Crippen molar-refractivity contribution in [2.24, 2.45) is 0 Å². The quantitative estimate of drug-likeness (QED) is 0.898. The number of hydrogen-bond acceptors (Lipinski definition) is 2. The molecule has 1 aromatic heterocycles. The lowest BCUT2D eigenvalue weighted by Gasteiger charge is -2.08. The second-order valence-electron chi connectivity index (χ2n) is 3.78. The first-order chi connectivity index (χ1) is 8.58. The Morgan fingerprint density at radius 2 is 1.94 bits per heavy atom. The lowest BCUT2D eigenvalue weighted by atomic mass is 10.1. The molecule has 2 aromatic rings. The van der Waals surface area contributed by atoms with Crippen LogP contribution in [0.1, 0.15) is 15.9 Å². The van der Waals surface area contributed by atoms with E-state index in [9.17, 15) is 14.0 Å². The molecule has 0 bridgehead atoms. The van der Waals surface area contributed by atoms with Gasteiger partial charge in [-0.15, -0.1) is 0 Å². The third-order valence-corrected chi connectivity index (χ3v) is 2.54. The van der Waals surface area contributed by atoms with Gasteiger partial charge in [0.25, 0.3) is 5.56 Å². The SMILES string of the molecule is O=C(O)c1ccccc1Cn1cc(F)ccc1=O. The molecule has 1 heterocycles. The number of pyridine rings is 1. The number of nitrogens with zero attached hydrogens (tertiary/aromatic N) is 1. The maximum absolute atomic E-state index is 13.0. The highest BCUT2D eigenvalue weighted by Crippen LogP contribution is 2.10. The molecule has 0 saturated heterocycles. The fraction of sp³-hybridized carbons (Fsp3) is 0.0769. The van der Waals surface area contributed by atoms with Crippen molar-refractivity contribution in [2.45, 2.75) is 6.54 Å². The van der Waals surface area contributed by atoms with Gasteiger partial charge in [-0.1, -0.05) is 18.2 Å². The highest BCUT2D eigenvalue weighted by molar-refractivity contribution is 5.89. The van der Waals surface area contributed by atoms with Crippen molar-refractivity contribution >= 4 is 5.97 Å². The number of rotatable bonds is 3. The maximum atomic E-state index is 13.0. The molecule has 4 nitrogen and oxygen atoms in total. The molecule has 0 spiro atoms. The van der Waals surface area contributed by atoms with Gasteiger partial charge in [0.15, 0.2) is 0 Å². The van der Waals surface area contributed by atoms with Crippen molar-refractivity contribution in [2.75, 3.05) is 0 Å². The molecule has 0 unspecified atom stereocenters. The fourth-order valence-electron chi connectivity index (χ4n) is 1.68. The largest absolute Gasteiger partial charge is 0.478 e. The van der Waals surface area contributed by atoms with Crippen LogP contribution in [0.3, 0.4) is 0 Å². The Balaban J connectivity index is 2.43. The van der Waals surface area contributed by atoms with Crippen molar-refractivity contribution in [3.05, 3.63) is 69.9 Å². The number of benzene rings is 1. The third kappa shape index (κ3) is 2.45. The van der Waals surface area contributed by atoms with Crippen molar-refractivity contribution in [1.29, 1.82) is 0 Å². The van der Waals surface area contributed by atoms with Crippen molar-refractivity contribution in [3.8, 4) is 0 Å². The molecule has 1 aromatic carbocycles. The standard InChI is InChI=1S/C13H10FNO3/c14-10-5-6-12(16)15(8-10)7-9-3-1-2-4-11(9)13(17)18/h1-6,8H,7H2,(H,17,18). The summed E-state index contributed by atoms with van der Waals surface area (Å²) in [5, 5.41) is 9.01. The number of carboxylic acids is 1. The molecule has 0 fully saturated rings. The summed E-state index contributed by atoms with van der Waals surface area (Å²) in [5.74, 6) is -1.61. The average molecular weight is 247 g/mol. The van der Waals surface area contributed by atoms with Crippen LogP contribution in [0.25, 0.3) is 0 Å². The second kappa shape index (κ2) is 4.83. The van der Waals surface area contributed by atoms with Crippen LogP contribution >= 0.6 is 0 Å². The number of aromatic nitrogens is 1. The Morgan fingerprint density at radius 1 is 1.22 bits per heavy atom. The Kier molecular flexibility index (Phi) is 3.23. The van der Waals surface area contributed by atoms with Crippen molar-refractivity contribution in [3.63, 3.8) is 0 Å². The molecule has 0 aliphatic heterocycles. The Labute approximate surface area is 102 Å². The molecule has 92 valence electrons. The molecule has 1 N–H and O–H groups in total. The van der Waals surface area contributed by atoms with E-state index in [1.807, 2.05) is 0 Å². The smallest absolute Gasteiger partial charge is 0.336 e. The second-order valence-corrected chi connectivity index (χ2v) is 3.78. The van der Waals surface area contributed by atoms with E-state index in [0.717, 1.165) is 22.9 Å². The molecule has 18 heavy (non-hydrogen) atoms. The number of carbonyl (C=O) groups is 1. The average Bonchev–Trinajstić information content (AvgIpc) is 2.34. The Bertz CT molecular complexity index is 649. The van der Waals surface area contributed by atoms with Crippen LogP contribution in [0, 0.1) is 5.82 Å². The maximum Gasteiger partial charge on any atom is 0.336 e. The van der Waals surface area contributed by atoms with Crippen LogP contribution < -0.4 is 5.56 Å². The molecular formula is C13H10FNO3. The molecule has 2 rings (SSSR count). The lowest BCUT2D eigenvalue weighted by molar-refractivity contribution is 0.0695. The number of carboxylic acid groups (broad SMARTS) is 1. The minimum absolute atomic E-state index is 0.0269. The van der Waals surface area contributed by atoms with Crippen molar-refractivity contribution < 1.29 is 14.3 Å². The van der Waals surface area contributed by atoms with Gasteiger partial charge in [-0.05, 0) is 17.7 Å². The summed E-state index contributed by atoms with van der Waals surface area (Å²) < 4.78 is 14.2. The van der Waals surface area contributed by atoms with Gasteiger partial charge in [0.2, 0.25) is 0 Å². The Morgan fingerprint density at radius 3 is 2.67 bits per heavy atom. The van der Waals surface area contributed by atoms with E-state index < -0.39 is 11.8 Å². The predicted octanol–water partition coefficient (Wildman–Crippen LogP) is 1.73. The first-order valence-electron chi connectivity index (χ1n) is 5.25. The summed E-state index contributed by atoms with van der Waals surface area (Å²) in [4.78, 5) is 22.5. The minimum atomic E-state index is -1.07. The summed E-state index contributed by atoms with van der Waals surface area (Å²) in [5.41, 5.74) is 0.183. The van der Waals surface area contributed by atoms with Crippen LogP contribution in [0.2, 0.25) is 0 Å². The van der Waals surface area contributed by atoms with Crippen LogP contribution in [-0.4, -0.2) is 15.6 Å². The summed E-state index contributed by atoms with van der Waals surface area (Å²) in [6.07, 6.45) is 1.06. The zero-order chi connectivity index (χ0) is 13.1. The third-order valence-electron chi connectivity index (χ3n) is 2.54. The molecule has 0 saturated carbocycles. The summed E-state index contributed by atoms with van der Waals surface area (Å²) in [6, 6.07) is 8.50. The molecular weight excluding hydrogens is 237 g/mol. The van der Waals surface area contributed by atoms with Crippen LogP contribution in [0.5, 0.6) is 0 Å². The van der Waals surface area contributed by atoms with Crippen LogP contribution in [-0.2, 0) is 6.54 Å². The van der Waals surface area contributed by atoms with Crippen LogP contribution in [0.4, 0.5) is 4.39 Å². The Hall–Kier alpha value is -2.43. The summed E-state index contributed by atoms with van der Waals surface area (Å²) in [6.45, 7) is 0.0269. The zero-order valence-corrected chi connectivity index (χ0v) is 9.34. The zero-order valence-electron chi connectivity index (χ0n) is 9.34. The van der Waals surface area contributed by atoms with Gasteiger partial charge in [-0.3, -0.25) is 4.79 Å². The lowest BCUT2D eigenvalue weighted by Crippen LogP contribution is -2.20. The molecule has 0 atom stereocenters. The predicted molar refractivity (Wildman–Crippen MR) is 63.2 cm³/mol. The van der Waals surface area contributed by atoms with E-state index in [4.69, 9.17) is 5.11 Å². The van der Waals surface area contributed by atoms with Gasteiger partial charge in [0.1, 0.15) is 5.82 Å². The van der Waals surface area contributed by atoms with Gasteiger partial charge >= 0.3 is 5.97 Å².